The van der Waals surface area contributed by atoms with Gasteiger partial charge in [-0.15, -0.1) is 0 Å². The Bertz CT molecular complexity index is 986. The van der Waals surface area contributed by atoms with Crippen LogP contribution in [0, 0.1) is 17.1 Å². The average molecular weight is 440 g/mol. The fourth-order valence-electron chi connectivity index (χ4n) is 2.26. The monoisotopic (exact) mass is 439 g/mol. The van der Waals surface area contributed by atoms with Crippen LogP contribution in [0.25, 0.3) is 0 Å². The molecule has 2 aromatic carbocycles. The van der Waals surface area contributed by atoms with Gasteiger partial charge in [-0.2, -0.15) is 5.26 Å². The molecule has 136 valence electrons. The van der Waals surface area contributed by atoms with Crippen molar-refractivity contribution in [3.05, 3.63) is 57.8 Å². The lowest BCUT2D eigenvalue weighted by atomic mass is 10.0. The van der Waals surface area contributed by atoms with Crippen molar-refractivity contribution in [3.63, 3.8) is 0 Å². The molecule has 3 N–H and O–H groups in total. The van der Waals surface area contributed by atoms with E-state index in [1.165, 1.54) is 18.2 Å². The molecule has 0 aliphatic heterocycles. The second-order valence-corrected chi connectivity index (χ2v) is 8.51. The SMILES string of the molecule is CS(=O)(=O)c1ccc(C[C@@H](Nc2cc(Br)c(C#N)cc2F)C(N)=O)cc1. The molecule has 26 heavy (non-hydrogen) atoms. The first-order valence-corrected chi connectivity index (χ1v) is 10.0. The van der Waals surface area contributed by atoms with Crippen molar-refractivity contribution < 1.29 is 17.6 Å². The van der Waals surface area contributed by atoms with Crippen molar-refractivity contribution in [1.82, 2.24) is 0 Å². The lowest BCUT2D eigenvalue weighted by Crippen LogP contribution is -2.37. The Labute approximate surface area is 158 Å². The number of hydrogen-bond donors (Lipinski definition) is 2. The van der Waals surface area contributed by atoms with E-state index in [0.29, 0.717) is 10.0 Å². The summed E-state index contributed by atoms with van der Waals surface area (Å²) in [5.74, 6) is -1.39. The maximum atomic E-state index is 14.1. The van der Waals surface area contributed by atoms with Crippen LogP contribution in [0.5, 0.6) is 0 Å². The van der Waals surface area contributed by atoms with Gasteiger partial charge >= 0.3 is 0 Å². The predicted molar refractivity (Wildman–Crippen MR) is 98.7 cm³/mol. The first-order valence-electron chi connectivity index (χ1n) is 7.36. The van der Waals surface area contributed by atoms with E-state index in [0.717, 1.165) is 12.3 Å². The van der Waals surface area contributed by atoms with Gasteiger partial charge in [-0.1, -0.05) is 12.1 Å². The van der Waals surface area contributed by atoms with Crippen molar-refractivity contribution in [2.45, 2.75) is 17.4 Å². The van der Waals surface area contributed by atoms with Gasteiger partial charge in [0.25, 0.3) is 0 Å². The number of nitrogens with zero attached hydrogens (tertiary/aromatic N) is 1. The number of nitriles is 1. The molecule has 0 radical (unpaired) electrons. The normalized spacial score (nSPS) is 12.2. The second-order valence-electron chi connectivity index (χ2n) is 5.64. The fraction of sp³-hybridized carbons (Fsp3) is 0.176. The quantitative estimate of drug-likeness (QED) is 0.716. The van der Waals surface area contributed by atoms with Gasteiger partial charge in [0.15, 0.2) is 9.84 Å². The van der Waals surface area contributed by atoms with Crippen molar-refractivity contribution in [1.29, 1.82) is 5.26 Å². The van der Waals surface area contributed by atoms with E-state index in [4.69, 9.17) is 11.0 Å². The molecule has 0 saturated carbocycles. The Morgan fingerprint density at radius 3 is 2.46 bits per heavy atom. The summed E-state index contributed by atoms with van der Waals surface area (Å²) in [5.41, 5.74) is 6.19. The first kappa shape index (κ1) is 19.9. The molecule has 0 saturated heterocycles. The zero-order chi connectivity index (χ0) is 19.5. The molecule has 6 nitrogen and oxygen atoms in total. The molecule has 0 fully saturated rings. The highest BCUT2D eigenvalue weighted by atomic mass is 79.9. The Kier molecular flexibility index (Phi) is 6.00. The van der Waals surface area contributed by atoms with Gasteiger partial charge in [0.05, 0.1) is 16.1 Å². The van der Waals surface area contributed by atoms with E-state index >= 15 is 0 Å². The van der Waals surface area contributed by atoms with Crippen LogP contribution in [0.4, 0.5) is 10.1 Å². The molecule has 2 aromatic rings. The molecule has 1 atom stereocenters. The van der Waals surface area contributed by atoms with Crippen molar-refractivity contribution in [2.75, 3.05) is 11.6 Å². The van der Waals surface area contributed by atoms with E-state index < -0.39 is 27.6 Å². The van der Waals surface area contributed by atoms with Gasteiger partial charge in [-0.3, -0.25) is 4.79 Å². The van der Waals surface area contributed by atoms with Crippen LogP contribution in [-0.4, -0.2) is 26.6 Å². The number of carbonyl (C=O) groups is 1. The highest BCUT2D eigenvalue weighted by Gasteiger charge is 2.19. The van der Waals surface area contributed by atoms with Crippen LogP contribution in [0.1, 0.15) is 11.1 Å². The second kappa shape index (κ2) is 7.85. The summed E-state index contributed by atoms with van der Waals surface area (Å²) in [5, 5.41) is 11.6. The number of nitrogens with one attached hydrogen (secondary N) is 1. The number of sulfone groups is 1. The molecular formula is C17H15BrFN3O3S. The number of halogens is 2. The summed E-state index contributed by atoms with van der Waals surface area (Å²) in [6.07, 6.45) is 1.23. The molecule has 1 amide bonds. The minimum Gasteiger partial charge on any atom is -0.371 e. The van der Waals surface area contributed by atoms with Crippen LogP contribution in [0.2, 0.25) is 0 Å². The number of nitrogens with two attached hydrogens (primary N) is 1. The lowest BCUT2D eigenvalue weighted by molar-refractivity contribution is -0.118. The summed E-state index contributed by atoms with van der Waals surface area (Å²) in [7, 11) is -3.32. The number of primary amides is 1. The van der Waals surface area contributed by atoms with Crippen LogP contribution in [0.3, 0.4) is 0 Å². The molecule has 0 unspecified atom stereocenters. The van der Waals surface area contributed by atoms with Crippen molar-refractivity contribution in [2.24, 2.45) is 5.73 Å². The zero-order valence-corrected chi connectivity index (χ0v) is 16.1. The number of rotatable bonds is 6. The summed E-state index contributed by atoms with van der Waals surface area (Å²) in [6, 6.07) is 9.32. The van der Waals surface area contributed by atoms with Gasteiger partial charge in [0.1, 0.15) is 17.9 Å². The smallest absolute Gasteiger partial charge is 0.240 e. The van der Waals surface area contributed by atoms with Gasteiger partial charge in [0.2, 0.25) is 5.91 Å². The van der Waals surface area contributed by atoms with E-state index in [1.54, 1.807) is 12.1 Å². The molecule has 0 aromatic heterocycles. The minimum atomic E-state index is -3.32. The fourth-order valence-corrected chi connectivity index (χ4v) is 3.32. The topological polar surface area (TPSA) is 113 Å². The number of hydrogen-bond acceptors (Lipinski definition) is 5. The number of carbonyl (C=O) groups excluding carboxylic acids is 1. The number of amides is 1. The van der Waals surface area contributed by atoms with Gasteiger partial charge < -0.3 is 11.1 Å². The molecule has 0 bridgehead atoms. The number of benzene rings is 2. The maximum Gasteiger partial charge on any atom is 0.240 e. The van der Waals surface area contributed by atoms with Crippen LogP contribution in [0.15, 0.2) is 45.8 Å². The van der Waals surface area contributed by atoms with E-state index in [9.17, 15) is 17.6 Å². The first-order chi connectivity index (χ1) is 12.1. The molecular weight excluding hydrogens is 425 g/mol. The summed E-state index contributed by atoms with van der Waals surface area (Å²) < 4.78 is 37.5. The molecule has 0 aliphatic rings. The van der Waals surface area contributed by atoms with Gasteiger partial charge in [-0.25, -0.2) is 12.8 Å². The highest BCUT2D eigenvalue weighted by Crippen LogP contribution is 2.25. The third-order valence-electron chi connectivity index (χ3n) is 3.64. The Morgan fingerprint density at radius 2 is 1.96 bits per heavy atom. The minimum absolute atomic E-state index is 0.0208. The molecule has 2 rings (SSSR count). The van der Waals surface area contributed by atoms with E-state index in [2.05, 4.69) is 21.2 Å². The van der Waals surface area contributed by atoms with E-state index in [1.807, 2.05) is 6.07 Å². The standard InChI is InChI=1S/C17H15BrFN3O3S/c1-26(24,25)12-4-2-10(3-5-12)6-16(17(21)23)22-15-8-13(18)11(9-20)7-14(15)19/h2-5,7-8,16,22H,6H2,1H3,(H2,21,23)/t16-/m1/s1. The maximum absolute atomic E-state index is 14.1. The Morgan fingerprint density at radius 1 is 1.35 bits per heavy atom. The van der Waals surface area contributed by atoms with Crippen LogP contribution < -0.4 is 11.1 Å². The third-order valence-corrected chi connectivity index (χ3v) is 5.43. The predicted octanol–water partition coefficient (Wildman–Crippen LogP) is 2.37. The summed E-state index contributed by atoms with van der Waals surface area (Å²) in [4.78, 5) is 11.9. The van der Waals surface area contributed by atoms with Crippen molar-refractivity contribution >= 4 is 37.4 Å². The molecule has 0 heterocycles. The molecule has 0 aliphatic carbocycles. The lowest BCUT2D eigenvalue weighted by Gasteiger charge is -2.18. The summed E-state index contributed by atoms with van der Waals surface area (Å²) >= 11 is 3.16. The van der Waals surface area contributed by atoms with Crippen LogP contribution in [-0.2, 0) is 21.1 Å². The van der Waals surface area contributed by atoms with Gasteiger partial charge in [0, 0.05) is 17.1 Å². The average Bonchev–Trinajstić information content (AvgIpc) is 2.56. The Balaban J connectivity index is 2.24. The van der Waals surface area contributed by atoms with Gasteiger partial charge in [-0.05, 0) is 45.8 Å². The molecule has 0 spiro atoms. The van der Waals surface area contributed by atoms with Crippen molar-refractivity contribution in [3.8, 4) is 6.07 Å². The number of anilines is 1. The van der Waals surface area contributed by atoms with E-state index in [-0.39, 0.29) is 22.6 Å². The Hall–Kier alpha value is -2.44. The van der Waals surface area contributed by atoms with Crippen LogP contribution >= 0.6 is 15.9 Å². The molecule has 9 heteroatoms. The zero-order valence-electron chi connectivity index (χ0n) is 13.7. The summed E-state index contributed by atoms with van der Waals surface area (Å²) in [6.45, 7) is 0. The highest BCUT2D eigenvalue weighted by molar-refractivity contribution is 9.10. The largest absolute Gasteiger partial charge is 0.371 e. The third kappa shape index (κ3) is 4.80.